The van der Waals surface area contributed by atoms with Crippen molar-refractivity contribution in [1.29, 1.82) is 0 Å². The fourth-order valence-corrected chi connectivity index (χ4v) is 5.65. The van der Waals surface area contributed by atoms with Gasteiger partial charge in [0.15, 0.2) is 17.3 Å². The molecule has 0 amide bonds. The van der Waals surface area contributed by atoms with E-state index in [1.807, 2.05) is 85.8 Å². The number of methoxy groups -OCH3 is 1. The monoisotopic (exact) mass is 567 g/mol. The largest absolute Gasteiger partial charge is 0.493 e. The summed E-state index contributed by atoms with van der Waals surface area (Å²) in [4.78, 5) is 27.3. The molecule has 0 unspecified atom stereocenters. The molecule has 3 aromatic carbocycles. The summed E-state index contributed by atoms with van der Waals surface area (Å²) in [5, 5.41) is 3.38. The number of ketones is 1. The molecular formula is C35H37NO6. The number of allylic oxidation sites excluding steroid dienone is 3. The molecule has 1 atom stereocenters. The second-order valence-electron chi connectivity index (χ2n) is 11.4. The van der Waals surface area contributed by atoms with E-state index in [0.717, 1.165) is 16.8 Å². The summed E-state index contributed by atoms with van der Waals surface area (Å²) in [6, 6.07) is 24.8. The van der Waals surface area contributed by atoms with E-state index >= 15 is 0 Å². The lowest BCUT2D eigenvalue weighted by atomic mass is 9.68. The third kappa shape index (κ3) is 6.51. The quantitative estimate of drug-likeness (QED) is 0.221. The number of nitrogens with one attached hydrogen (secondary N) is 1. The molecule has 7 nitrogen and oxygen atoms in total. The molecule has 3 aromatic rings. The van der Waals surface area contributed by atoms with Gasteiger partial charge in [-0.15, -0.1) is 0 Å². The van der Waals surface area contributed by atoms with Crippen molar-refractivity contribution in [2.24, 2.45) is 5.41 Å². The number of benzene rings is 3. The molecule has 0 saturated carbocycles. The highest BCUT2D eigenvalue weighted by Gasteiger charge is 2.43. The van der Waals surface area contributed by atoms with Crippen LogP contribution in [0.15, 0.2) is 101 Å². The summed E-state index contributed by atoms with van der Waals surface area (Å²) >= 11 is 0. The van der Waals surface area contributed by atoms with Crippen LogP contribution in [0.5, 0.6) is 17.2 Å². The van der Waals surface area contributed by atoms with E-state index in [9.17, 15) is 9.59 Å². The Morgan fingerprint density at radius 2 is 1.62 bits per heavy atom. The van der Waals surface area contributed by atoms with Crippen molar-refractivity contribution in [3.05, 3.63) is 113 Å². The van der Waals surface area contributed by atoms with E-state index in [4.69, 9.17) is 18.9 Å². The molecule has 1 aliphatic heterocycles. The average Bonchev–Trinajstić information content (AvgIpc) is 2.97. The van der Waals surface area contributed by atoms with Crippen LogP contribution in [0.4, 0.5) is 0 Å². The van der Waals surface area contributed by atoms with E-state index in [2.05, 4.69) is 19.2 Å². The van der Waals surface area contributed by atoms with Gasteiger partial charge in [-0.1, -0.05) is 68.4 Å². The molecule has 5 rings (SSSR count). The summed E-state index contributed by atoms with van der Waals surface area (Å²) in [5.41, 5.74) is 4.13. The molecular weight excluding hydrogens is 530 g/mol. The smallest absolute Gasteiger partial charge is 0.336 e. The van der Waals surface area contributed by atoms with Crippen LogP contribution in [-0.2, 0) is 20.9 Å². The van der Waals surface area contributed by atoms with Crippen LogP contribution in [0.1, 0.15) is 50.7 Å². The minimum Gasteiger partial charge on any atom is -0.493 e. The molecule has 42 heavy (non-hydrogen) atoms. The van der Waals surface area contributed by atoms with Crippen molar-refractivity contribution in [2.45, 2.75) is 46.1 Å². The summed E-state index contributed by atoms with van der Waals surface area (Å²) < 4.78 is 23.2. The van der Waals surface area contributed by atoms with Gasteiger partial charge in [0.05, 0.1) is 12.7 Å². The third-order valence-electron chi connectivity index (χ3n) is 7.55. The first-order valence-electron chi connectivity index (χ1n) is 14.2. The molecule has 218 valence electrons. The molecule has 1 N–H and O–H groups in total. The van der Waals surface area contributed by atoms with Crippen LogP contribution in [0.25, 0.3) is 0 Å². The lowest BCUT2D eigenvalue weighted by Gasteiger charge is -2.39. The van der Waals surface area contributed by atoms with E-state index in [-0.39, 0.29) is 24.4 Å². The predicted octanol–water partition coefficient (Wildman–Crippen LogP) is 6.50. The molecule has 0 saturated heterocycles. The first kappa shape index (κ1) is 29.0. The van der Waals surface area contributed by atoms with Crippen LogP contribution in [0, 0.1) is 5.41 Å². The Hall–Kier alpha value is -4.52. The van der Waals surface area contributed by atoms with Gasteiger partial charge in [0, 0.05) is 29.3 Å². The normalized spacial score (nSPS) is 17.7. The second-order valence-corrected chi connectivity index (χ2v) is 11.4. The van der Waals surface area contributed by atoms with Gasteiger partial charge in [-0.2, -0.15) is 0 Å². The summed E-state index contributed by atoms with van der Waals surface area (Å²) in [7, 11) is 1.58. The number of carbonyl (C=O) groups excluding carboxylic acids is 2. The fraction of sp³-hybridized carbons (Fsp3) is 0.314. The number of ether oxygens (including phenoxy) is 4. The lowest BCUT2D eigenvalue weighted by molar-refractivity contribution is -0.140. The highest BCUT2D eigenvalue weighted by Crippen LogP contribution is 2.48. The number of hydrogen-bond donors (Lipinski definition) is 1. The zero-order valence-corrected chi connectivity index (χ0v) is 24.6. The summed E-state index contributed by atoms with van der Waals surface area (Å²) in [6.45, 7) is 6.69. The minimum absolute atomic E-state index is 0.0207. The van der Waals surface area contributed by atoms with E-state index in [0.29, 0.717) is 53.5 Å². The zero-order chi connectivity index (χ0) is 29.7. The highest BCUT2D eigenvalue weighted by molar-refractivity contribution is 6.04. The Morgan fingerprint density at radius 1 is 0.905 bits per heavy atom. The molecule has 0 radical (unpaired) electrons. The van der Waals surface area contributed by atoms with Gasteiger partial charge >= 0.3 is 5.97 Å². The van der Waals surface area contributed by atoms with Gasteiger partial charge in [-0.3, -0.25) is 4.79 Å². The van der Waals surface area contributed by atoms with Crippen LogP contribution < -0.4 is 19.5 Å². The van der Waals surface area contributed by atoms with Crippen LogP contribution in [-0.4, -0.2) is 32.1 Å². The van der Waals surface area contributed by atoms with Crippen molar-refractivity contribution in [2.75, 3.05) is 20.3 Å². The molecule has 0 fully saturated rings. The second kappa shape index (κ2) is 12.6. The van der Waals surface area contributed by atoms with Crippen molar-refractivity contribution in [3.63, 3.8) is 0 Å². The SMILES string of the molecule is COc1cc([C@H]2C(C(=O)OCCOc3ccccc3)=C(C)NC3=C2C(=O)CC(C)(C)C3)ccc1OCc1ccccc1. The van der Waals surface area contributed by atoms with E-state index in [1.54, 1.807) is 7.11 Å². The van der Waals surface area contributed by atoms with E-state index in [1.165, 1.54) is 0 Å². The van der Waals surface area contributed by atoms with Crippen molar-refractivity contribution in [1.82, 2.24) is 5.32 Å². The first-order chi connectivity index (χ1) is 20.3. The molecule has 1 heterocycles. The third-order valence-corrected chi connectivity index (χ3v) is 7.55. The summed E-state index contributed by atoms with van der Waals surface area (Å²) in [6.07, 6.45) is 1.09. The van der Waals surface area contributed by atoms with Gasteiger partial charge in [-0.25, -0.2) is 4.79 Å². The molecule has 1 aliphatic carbocycles. The maximum Gasteiger partial charge on any atom is 0.336 e. The van der Waals surface area contributed by atoms with Crippen LogP contribution in [0.2, 0.25) is 0 Å². The molecule has 2 aliphatic rings. The topological polar surface area (TPSA) is 83.1 Å². The minimum atomic E-state index is -0.607. The van der Waals surface area contributed by atoms with E-state index < -0.39 is 11.9 Å². The van der Waals surface area contributed by atoms with Gasteiger partial charge in [0.25, 0.3) is 0 Å². The number of Topliss-reactive ketones (excluding diaryl/α,β-unsaturated/α-hetero) is 1. The molecule has 0 aromatic heterocycles. The number of esters is 1. The number of para-hydroxylation sites is 1. The van der Waals surface area contributed by atoms with Crippen molar-refractivity contribution < 1.29 is 28.5 Å². The van der Waals surface area contributed by atoms with Crippen LogP contribution >= 0.6 is 0 Å². The first-order valence-corrected chi connectivity index (χ1v) is 14.2. The maximum absolute atomic E-state index is 13.7. The van der Waals surface area contributed by atoms with Gasteiger partial charge in [0.1, 0.15) is 25.6 Å². The van der Waals surface area contributed by atoms with Crippen molar-refractivity contribution in [3.8, 4) is 17.2 Å². The Kier molecular flexibility index (Phi) is 8.67. The number of rotatable bonds is 10. The average molecular weight is 568 g/mol. The molecule has 7 heteroatoms. The van der Waals surface area contributed by atoms with Crippen molar-refractivity contribution >= 4 is 11.8 Å². The summed E-state index contributed by atoms with van der Waals surface area (Å²) in [5.74, 6) is 0.723. The number of carbonyl (C=O) groups is 2. The number of hydrogen-bond acceptors (Lipinski definition) is 7. The van der Waals surface area contributed by atoms with Crippen LogP contribution in [0.3, 0.4) is 0 Å². The molecule has 0 spiro atoms. The van der Waals surface area contributed by atoms with Gasteiger partial charge < -0.3 is 24.3 Å². The standard InChI is InChI=1S/C35H37NO6/c1-23-31(34(38)41-18-17-40-26-13-9-6-10-14-26)32(33-27(36-23)20-35(2,3)21-28(33)37)25-15-16-29(30(19-25)39-4)42-22-24-11-7-5-8-12-24/h5-16,19,32,36H,17-18,20-22H2,1-4H3/t32-/m0/s1. The Morgan fingerprint density at radius 3 is 2.33 bits per heavy atom. The van der Waals surface area contributed by atoms with Gasteiger partial charge in [0.2, 0.25) is 0 Å². The Bertz CT molecular complexity index is 1510. The Labute approximate surface area is 247 Å². The molecule has 0 bridgehead atoms. The van der Waals surface area contributed by atoms with Gasteiger partial charge in [-0.05, 0) is 54.2 Å². The number of dihydropyridines is 1. The predicted molar refractivity (Wildman–Crippen MR) is 160 cm³/mol. The highest BCUT2D eigenvalue weighted by atomic mass is 16.6. The zero-order valence-electron chi connectivity index (χ0n) is 24.6. The lowest BCUT2D eigenvalue weighted by Crippen LogP contribution is -2.38. The Balaban J connectivity index is 1.43. The fourth-order valence-electron chi connectivity index (χ4n) is 5.65. The maximum atomic E-state index is 13.7.